The zero-order chi connectivity index (χ0) is 9.45. The molecule has 0 fully saturated rings. The monoisotopic (exact) mass is 206 g/mol. The molecule has 0 aromatic rings. The highest BCUT2D eigenvalue weighted by Crippen LogP contribution is 2.34. The molecular weight excluding hydrogens is 184 g/mol. The lowest BCUT2D eigenvalue weighted by Gasteiger charge is -2.31. The molecule has 0 aliphatic heterocycles. The van der Waals surface area contributed by atoms with E-state index in [1.807, 2.05) is 11.8 Å². The lowest BCUT2D eigenvalue weighted by Crippen LogP contribution is -2.25. The molecule has 0 amide bonds. The molecule has 0 atom stereocenters. The zero-order valence-electron chi connectivity index (χ0n) is 8.60. The van der Waals surface area contributed by atoms with Gasteiger partial charge in [0.1, 0.15) is 0 Å². The first-order valence-corrected chi connectivity index (χ1v) is 6.87. The van der Waals surface area contributed by atoms with Crippen LogP contribution in [0.2, 0.25) is 0 Å². The first-order valence-electron chi connectivity index (χ1n) is 4.84. The van der Waals surface area contributed by atoms with Crippen LogP contribution >= 0.6 is 24.4 Å². The van der Waals surface area contributed by atoms with Gasteiger partial charge in [-0.1, -0.05) is 26.7 Å². The van der Waals surface area contributed by atoms with Crippen molar-refractivity contribution < 1.29 is 0 Å². The summed E-state index contributed by atoms with van der Waals surface area (Å²) >= 11 is 6.45. The van der Waals surface area contributed by atoms with Crippen molar-refractivity contribution in [3.63, 3.8) is 0 Å². The van der Waals surface area contributed by atoms with Gasteiger partial charge < -0.3 is 0 Å². The number of hydrogen-bond acceptors (Lipinski definition) is 2. The standard InChI is InChI=1S/C10H22S2/c1-4-6-10(8-11,7-5-2)9-12-3/h11H,4-9H2,1-3H3. The molecule has 0 nitrogen and oxygen atoms in total. The summed E-state index contributed by atoms with van der Waals surface area (Å²) < 4.78 is 0. The van der Waals surface area contributed by atoms with Gasteiger partial charge in [0.15, 0.2) is 0 Å². The van der Waals surface area contributed by atoms with E-state index in [1.165, 1.54) is 31.4 Å². The van der Waals surface area contributed by atoms with Crippen LogP contribution < -0.4 is 0 Å². The van der Waals surface area contributed by atoms with Gasteiger partial charge in [0.25, 0.3) is 0 Å². The van der Waals surface area contributed by atoms with Crippen LogP contribution in [0.5, 0.6) is 0 Å². The van der Waals surface area contributed by atoms with Gasteiger partial charge in [-0.2, -0.15) is 24.4 Å². The van der Waals surface area contributed by atoms with E-state index in [-0.39, 0.29) is 0 Å². The zero-order valence-corrected chi connectivity index (χ0v) is 10.3. The lowest BCUT2D eigenvalue weighted by molar-refractivity contribution is 0.318. The molecule has 0 spiro atoms. The second-order valence-corrected chi connectivity index (χ2v) is 4.77. The quantitative estimate of drug-likeness (QED) is 0.617. The second kappa shape index (κ2) is 7.14. The highest BCUT2D eigenvalue weighted by molar-refractivity contribution is 7.98. The molecule has 2 heteroatoms. The molecule has 0 unspecified atom stereocenters. The Hall–Kier alpha value is 0.700. The molecule has 12 heavy (non-hydrogen) atoms. The van der Waals surface area contributed by atoms with Crippen molar-refractivity contribution >= 4 is 24.4 Å². The van der Waals surface area contributed by atoms with Crippen LogP contribution in [0, 0.1) is 5.41 Å². The van der Waals surface area contributed by atoms with E-state index in [4.69, 9.17) is 0 Å². The average molecular weight is 206 g/mol. The second-order valence-electron chi connectivity index (χ2n) is 3.59. The Morgan fingerprint density at radius 2 is 1.67 bits per heavy atom. The predicted octanol–water partition coefficient (Wildman–Crippen LogP) is 3.87. The fraction of sp³-hybridized carbons (Fsp3) is 1.00. The van der Waals surface area contributed by atoms with Crippen LogP contribution in [0.25, 0.3) is 0 Å². The minimum Gasteiger partial charge on any atom is -0.179 e. The van der Waals surface area contributed by atoms with Crippen molar-refractivity contribution in [3.8, 4) is 0 Å². The Morgan fingerprint density at radius 3 is 1.92 bits per heavy atom. The Kier molecular flexibility index (Phi) is 7.55. The van der Waals surface area contributed by atoms with Gasteiger partial charge >= 0.3 is 0 Å². The molecule has 0 saturated heterocycles. The normalized spacial score (nSPS) is 12.0. The van der Waals surface area contributed by atoms with Crippen LogP contribution in [0.1, 0.15) is 39.5 Å². The molecule has 0 aliphatic carbocycles. The lowest BCUT2D eigenvalue weighted by atomic mass is 9.83. The smallest absolute Gasteiger partial charge is 0.000577 e. The minimum atomic E-state index is 0.520. The third-order valence-electron chi connectivity index (χ3n) is 2.35. The Labute approximate surface area is 87.3 Å². The molecule has 0 rings (SSSR count). The Bertz CT molecular complexity index is 85.0. The van der Waals surface area contributed by atoms with E-state index in [9.17, 15) is 0 Å². The van der Waals surface area contributed by atoms with Crippen molar-refractivity contribution in [1.82, 2.24) is 0 Å². The van der Waals surface area contributed by atoms with Gasteiger partial charge in [0.05, 0.1) is 0 Å². The predicted molar refractivity (Wildman–Crippen MR) is 64.5 cm³/mol. The molecule has 0 heterocycles. The maximum Gasteiger partial charge on any atom is -0.000577 e. The first kappa shape index (κ1) is 12.7. The number of rotatable bonds is 7. The summed E-state index contributed by atoms with van der Waals surface area (Å²) in [6.07, 6.45) is 7.46. The molecule has 0 aliphatic rings. The van der Waals surface area contributed by atoms with Crippen LogP contribution in [0.3, 0.4) is 0 Å². The summed E-state index contributed by atoms with van der Waals surface area (Å²) in [6.45, 7) is 4.54. The largest absolute Gasteiger partial charge is 0.179 e. The van der Waals surface area contributed by atoms with E-state index in [1.54, 1.807) is 0 Å². The fourth-order valence-electron chi connectivity index (χ4n) is 1.84. The summed E-state index contributed by atoms with van der Waals surface area (Å²) in [5, 5.41) is 0. The molecule has 0 aromatic heterocycles. The number of hydrogen-bond donors (Lipinski definition) is 1. The fourth-order valence-corrected chi connectivity index (χ4v) is 3.42. The van der Waals surface area contributed by atoms with Crippen LogP contribution in [0.15, 0.2) is 0 Å². The van der Waals surface area contributed by atoms with E-state index < -0.39 is 0 Å². The van der Waals surface area contributed by atoms with Gasteiger partial charge in [-0.25, -0.2) is 0 Å². The molecule has 0 aromatic carbocycles. The van der Waals surface area contributed by atoms with E-state index in [0.29, 0.717) is 5.41 Å². The molecule has 0 bridgehead atoms. The van der Waals surface area contributed by atoms with Crippen molar-refractivity contribution in [2.24, 2.45) is 5.41 Å². The van der Waals surface area contributed by atoms with Gasteiger partial charge in [0, 0.05) is 0 Å². The van der Waals surface area contributed by atoms with Crippen LogP contribution in [0.4, 0.5) is 0 Å². The summed E-state index contributed by atoms with van der Waals surface area (Å²) in [6, 6.07) is 0. The molecule has 0 saturated carbocycles. The van der Waals surface area contributed by atoms with Gasteiger partial charge in [-0.15, -0.1) is 0 Å². The topological polar surface area (TPSA) is 0 Å². The van der Waals surface area contributed by atoms with Crippen LogP contribution in [-0.2, 0) is 0 Å². The highest BCUT2D eigenvalue weighted by Gasteiger charge is 2.25. The minimum absolute atomic E-state index is 0.520. The molecule has 0 radical (unpaired) electrons. The third-order valence-corrected chi connectivity index (χ3v) is 3.92. The van der Waals surface area contributed by atoms with Crippen LogP contribution in [-0.4, -0.2) is 17.8 Å². The first-order chi connectivity index (χ1) is 5.74. The maximum absolute atomic E-state index is 4.49. The molecular formula is C10H22S2. The number of thiol groups is 1. The van der Waals surface area contributed by atoms with E-state index >= 15 is 0 Å². The number of thioether (sulfide) groups is 1. The Morgan fingerprint density at radius 1 is 1.17 bits per heavy atom. The highest BCUT2D eigenvalue weighted by atomic mass is 32.2. The Balaban J connectivity index is 4.06. The summed E-state index contributed by atoms with van der Waals surface area (Å²) in [7, 11) is 0. The third kappa shape index (κ3) is 4.08. The molecule has 0 N–H and O–H groups in total. The van der Waals surface area contributed by atoms with E-state index in [2.05, 4.69) is 32.7 Å². The molecule has 74 valence electrons. The SMILES string of the molecule is CCCC(CS)(CCC)CSC. The van der Waals surface area contributed by atoms with Crippen molar-refractivity contribution in [2.75, 3.05) is 17.8 Å². The van der Waals surface area contributed by atoms with Crippen molar-refractivity contribution in [2.45, 2.75) is 39.5 Å². The van der Waals surface area contributed by atoms with Gasteiger partial charge in [-0.05, 0) is 36.0 Å². The summed E-state index contributed by atoms with van der Waals surface area (Å²) in [5.74, 6) is 2.33. The van der Waals surface area contributed by atoms with Gasteiger partial charge in [0.2, 0.25) is 0 Å². The summed E-state index contributed by atoms with van der Waals surface area (Å²) in [4.78, 5) is 0. The van der Waals surface area contributed by atoms with Crippen molar-refractivity contribution in [1.29, 1.82) is 0 Å². The van der Waals surface area contributed by atoms with E-state index in [0.717, 1.165) is 5.75 Å². The summed E-state index contributed by atoms with van der Waals surface area (Å²) in [5.41, 5.74) is 0.520. The van der Waals surface area contributed by atoms with Gasteiger partial charge in [-0.3, -0.25) is 0 Å². The van der Waals surface area contributed by atoms with Crippen molar-refractivity contribution in [3.05, 3.63) is 0 Å². The average Bonchev–Trinajstić information content (AvgIpc) is 2.06. The maximum atomic E-state index is 4.49.